The van der Waals surface area contributed by atoms with Crippen LogP contribution in [0.25, 0.3) is 0 Å². The molecule has 1 heterocycles. The summed E-state index contributed by atoms with van der Waals surface area (Å²) in [6, 6.07) is 0. The molecule has 1 fully saturated rings. The number of quaternary nitrogens is 1. The fraction of sp³-hybridized carbons (Fsp3) is 0.500. The van der Waals surface area contributed by atoms with Crippen molar-refractivity contribution in [3.8, 4) is 0 Å². The van der Waals surface area contributed by atoms with Crippen LogP contribution in [0.5, 0.6) is 0 Å². The van der Waals surface area contributed by atoms with Crippen molar-refractivity contribution in [1.82, 2.24) is 6.15 Å². The Labute approximate surface area is 224 Å². The number of aliphatic carboxylic acids is 3. The van der Waals surface area contributed by atoms with Crippen molar-refractivity contribution in [1.29, 1.82) is 0 Å². The summed E-state index contributed by atoms with van der Waals surface area (Å²) in [7, 11) is -2.40. The molecule has 1 aliphatic heterocycles. The maximum Gasteiger partial charge on any atom is 2.00 e. The van der Waals surface area contributed by atoms with E-state index < -0.39 is 79.8 Å². The zero-order valence-corrected chi connectivity index (χ0v) is 20.3. The maximum absolute atomic E-state index is 11.2. The molecule has 22 heteroatoms. The summed E-state index contributed by atoms with van der Waals surface area (Å²) < 4.78 is 12.4. The van der Waals surface area contributed by atoms with E-state index in [2.05, 4.69) is 14.0 Å². The van der Waals surface area contributed by atoms with E-state index in [1.54, 1.807) is 0 Å². The van der Waals surface area contributed by atoms with Gasteiger partial charge >= 0.3 is 70.7 Å². The first-order valence-corrected chi connectivity index (χ1v) is 7.44. The summed E-state index contributed by atoms with van der Waals surface area (Å²) >= 11 is 0. The number of carboxylic acids is 3. The van der Waals surface area contributed by atoms with Gasteiger partial charge in [0.25, 0.3) is 0 Å². The third-order valence-electron chi connectivity index (χ3n) is 2.98. The average molecular weight is 579 g/mol. The smallest absolute Gasteiger partial charge is 0.547 e. The number of carbonyl (C=O) groups excluding carboxylic acids is 6. The van der Waals surface area contributed by atoms with Crippen molar-refractivity contribution in [2.24, 2.45) is 0 Å². The van der Waals surface area contributed by atoms with E-state index in [1.165, 1.54) is 0 Å². The second-order valence-corrected chi connectivity index (χ2v) is 5.23. The Morgan fingerprint density at radius 3 is 1.29 bits per heavy atom. The number of aliphatic hydroxyl groups excluding tert-OH is 6. The van der Waals surface area contributed by atoms with Gasteiger partial charge in [0.15, 0.2) is 18.3 Å². The number of rotatable bonds is 7. The molecule has 1 rings (SSSR count). The third-order valence-corrected chi connectivity index (χ3v) is 2.98. The predicted molar refractivity (Wildman–Crippen MR) is 90.4 cm³/mol. The zero-order chi connectivity index (χ0) is 24.6. The number of carbonyl (C=O) groups is 6. The third kappa shape index (κ3) is 12.0. The second-order valence-electron chi connectivity index (χ2n) is 5.23. The molecule has 1 aliphatic rings. The Balaban J connectivity index is -0.000000299. The van der Waals surface area contributed by atoms with Gasteiger partial charge in [0.05, 0.1) is 17.9 Å². The Morgan fingerprint density at radius 2 is 1.03 bits per heavy atom. The molecule has 6 atom stereocenters. The van der Waals surface area contributed by atoms with E-state index in [1.807, 2.05) is 0 Å². The topological polar surface area (TPSA) is 389 Å². The predicted octanol–water partition coefficient (Wildman–Crippen LogP) is -11.8. The van der Waals surface area contributed by atoms with Crippen molar-refractivity contribution in [3.05, 3.63) is 0 Å². The quantitative estimate of drug-likeness (QED) is 0.138. The Morgan fingerprint density at radius 1 is 0.765 bits per heavy atom. The van der Waals surface area contributed by atoms with E-state index in [0.717, 1.165) is 0 Å². The first-order valence-electron chi connectivity index (χ1n) is 7.44. The van der Waals surface area contributed by atoms with Gasteiger partial charge < -0.3 is 85.9 Å². The van der Waals surface area contributed by atoms with E-state index in [4.69, 9.17) is 30.6 Å². The Bertz CT molecular complexity index is 694. The van der Waals surface area contributed by atoms with Gasteiger partial charge in [-0.2, -0.15) is 0 Å². The minimum atomic E-state index is -2.65. The Kier molecular flexibility index (Phi) is 20.2. The summed E-state index contributed by atoms with van der Waals surface area (Å²) in [5.41, 5.74) is 0. The molecule has 0 amide bonds. The monoisotopic (exact) mass is 579 g/mol. The van der Waals surface area contributed by atoms with Crippen LogP contribution >= 0.6 is 0 Å². The van der Waals surface area contributed by atoms with Crippen LogP contribution < -0.4 is 21.5 Å². The molecular formula is C12H18BNO19Sr. The van der Waals surface area contributed by atoms with Crippen LogP contribution in [0, 0.1) is 0 Å². The molecular weight excluding hydrogens is 561 g/mol. The molecule has 0 spiro atoms. The van der Waals surface area contributed by atoms with Gasteiger partial charge in [0.2, 0.25) is 0 Å². The SMILES string of the molecule is O.O=C([O-])C(O)C(O)C(=O)OB1OC(=O)C(O)C(O)C(=O)O1.O=C([O-])C(O)C(O)C(=O)[O-].[NH4+].[Sr+2]. The number of hydrogen-bond donors (Lipinski definition) is 7. The fourth-order valence-corrected chi connectivity index (χ4v) is 1.34. The van der Waals surface area contributed by atoms with Gasteiger partial charge in [-0.15, -0.1) is 0 Å². The van der Waals surface area contributed by atoms with Gasteiger partial charge in [-0.25, -0.2) is 0 Å². The largest absolute Gasteiger partial charge is 2.00 e. The standard InChI is InChI=1S/C8H9BO12.C4H6O6.H3N.H2O.Sr/c10-1(5(14)15)2(11)6(16)19-9-20-7(17)3(12)4(13)8(18)21-9;5-1(3(7)8)2(6)4(9)10;;;/h1-4,10-13H,(H,14,15);1-2,5-6H,(H,7,8)(H,9,10);1H3;1H2;/q;;;;+2/p-2. The zero-order valence-electron chi connectivity index (χ0n) is 16.8. The van der Waals surface area contributed by atoms with Crippen molar-refractivity contribution in [2.45, 2.75) is 36.6 Å². The Hall–Kier alpha value is -1.95. The molecule has 0 bridgehead atoms. The number of hydrogen-bond acceptors (Lipinski definition) is 18. The van der Waals surface area contributed by atoms with Crippen LogP contribution in [-0.4, -0.2) is 161 Å². The van der Waals surface area contributed by atoms with Gasteiger partial charge in [-0.3, -0.25) is 14.4 Å². The maximum atomic E-state index is 11.2. The first-order chi connectivity index (χ1) is 14.1. The molecule has 0 radical (unpaired) electrons. The van der Waals surface area contributed by atoms with Gasteiger partial charge in [-0.1, -0.05) is 0 Å². The summed E-state index contributed by atoms with van der Waals surface area (Å²) in [5, 5.41) is 82.0. The van der Waals surface area contributed by atoms with Crippen LogP contribution in [0.15, 0.2) is 0 Å². The molecule has 190 valence electrons. The first kappa shape index (κ1) is 39.3. The van der Waals surface area contributed by atoms with Crippen molar-refractivity contribution in [2.75, 3.05) is 0 Å². The summed E-state index contributed by atoms with van der Waals surface area (Å²) in [4.78, 5) is 62.9. The molecule has 0 saturated carbocycles. The molecule has 6 unspecified atom stereocenters. The van der Waals surface area contributed by atoms with E-state index in [0.29, 0.717) is 0 Å². The van der Waals surface area contributed by atoms with Gasteiger partial charge in [0.1, 0.15) is 18.3 Å². The fourth-order valence-electron chi connectivity index (χ4n) is 1.34. The molecule has 0 aromatic heterocycles. The van der Waals surface area contributed by atoms with Gasteiger partial charge in [-0.05, 0) is 0 Å². The summed E-state index contributed by atoms with van der Waals surface area (Å²) in [6.45, 7) is 0. The summed E-state index contributed by atoms with van der Waals surface area (Å²) in [5.74, 6) is -11.3. The molecule has 0 aromatic carbocycles. The van der Waals surface area contributed by atoms with Crippen molar-refractivity contribution in [3.63, 3.8) is 0 Å². The summed E-state index contributed by atoms with van der Waals surface area (Å²) in [6.07, 6.45) is -14.7. The molecule has 1 saturated heterocycles. The second kappa shape index (κ2) is 17.5. The number of carboxylic acid groups (broad SMARTS) is 3. The van der Waals surface area contributed by atoms with Crippen LogP contribution in [0.1, 0.15) is 0 Å². The molecule has 0 aromatic rings. The molecule has 20 nitrogen and oxygen atoms in total. The van der Waals surface area contributed by atoms with Crippen LogP contribution in [0.3, 0.4) is 0 Å². The molecule has 34 heavy (non-hydrogen) atoms. The van der Waals surface area contributed by atoms with E-state index >= 15 is 0 Å². The number of aliphatic hydroxyl groups is 6. The normalized spacial score (nSPS) is 20.2. The average Bonchev–Trinajstić information content (AvgIpc) is 2.77. The van der Waals surface area contributed by atoms with Crippen LogP contribution in [0.4, 0.5) is 0 Å². The van der Waals surface area contributed by atoms with Gasteiger partial charge in [0, 0.05) is 0 Å². The van der Waals surface area contributed by atoms with E-state index in [9.17, 15) is 44.1 Å². The minimum Gasteiger partial charge on any atom is -0.547 e. The minimum absolute atomic E-state index is 0. The molecule has 0 aliphatic carbocycles. The van der Waals surface area contributed by atoms with Crippen molar-refractivity contribution < 1.29 is 94.2 Å². The van der Waals surface area contributed by atoms with E-state index in [-0.39, 0.29) is 57.1 Å². The van der Waals surface area contributed by atoms with Crippen molar-refractivity contribution >= 4 is 88.6 Å². The van der Waals surface area contributed by atoms with Crippen LogP contribution in [0.2, 0.25) is 0 Å². The van der Waals surface area contributed by atoms with Crippen LogP contribution in [-0.2, 0) is 42.7 Å². The molecule has 12 N–H and O–H groups in total.